The summed E-state index contributed by atoms with van der Waals surface area (Å²) in [5, 5.41) is 32.0. The van der Waals surface area contributed by atoms with Crippen LogP contribution in [-0.4, -0.2) is 28.4 Å². The van der Waals surface area contributed by atoms with E-state index >= 15 is 0 Å². The summed E-state index contributed by atoms with van der Waals surface area (Å²) in [6.07, 6.45) is -4.68. The quantitative estimate of drug-likeness (QED) is 0.603. The Hall–Kier alpha value is -2.41. The largest absolute Gasteiger partial charge is 0.508 e. The van der Waals surface area contributed by atoms with Gasteiger partial charge in [-0.1, -0.05) is 12.1 Å². The molecule has 0 radical (unpaired) electrons. The number of nitrogens with one attached hydrogen (secondary N) is 1. The molecular formula is C17H16F3NO3. The predicted octanol–water partition coefficient (Wildman–Crippen LogP) is 3.10. The fourth-order valence-corrected chi connectivity index (χ4v) is 3.18. The van der Waals surface area contributed by atoms with Crippen LogP contribution in [0.15, 0.2) is 30.3 Å². The lowest BCUT2D eigenvalue weighted by Gasteiger charge is -2.22. The van der Waals surface area contributed by atoms with Crippen molar-refractivity contribution in [3.05, 3.63) is 52.6 Å². The maximum atomic E-state index is 13.4. The summed E-state index contributed by atoms with van der Waals surface area (Å²) in [6.45, 7) is 0.716. The van der Waals surface area contributed by atoms with Crippen LogP contribution in [0.2, 0.25) is 0 Å². The Bertz CT molecular complexity index is 757. The van der Waals surface area contributed by atoms with Crippen LogP contribution in [0.25, 0.3) is 0 Å². The standard InChI is InChI=1S/C17H16F3NO3/c18-17(19,20)15-11-5-6-21-8-13(9-1-3-10(22)4-2-9)12(11)7-14(23)16(15)24/h1-4,7,13,21-24H,5-6,8H2. The number of alkyl halides is 3. The van der Waals surface area contributed by atoms with E-state index in [0.717, 1.165) is 0 Å². The number of rotatable bonds is 1. The Morgan fingerprint density at radius 1 is 1.04 bits per heavy atom. The van der Waals surface area contributed by atoms with E-state index in [0.29, 0.717) is 24.2 Å². The van der Waals surface area contributed by atoms with E-state index in [1.165, 1.54) is 18.2 Å². The van der Waals surface area contributed by atoms with Crippen molar-refractivity contribution in [2.75, 3.05) is 13.1 Å². The van der Waals surface area contributed by atoms with Gasteiger partial charge in [-0.15, -0.1) is 0 Å². The maximum Gasteiger partial charge on any atom is 0.420 e. The number of hydrogen-bond acceptors (Lipinski definition) is 4. The molecule has 24 heavy (non-hydrogen) atoms. The van der Waals surface area contributed by atoms with E-state index in [-0.39, 0.29) is 17.7 Å². The lowest BCUT2D eigenvalue weighted by molar-refractivity contribution is -0.139. The summed E-state index contributed by atoms with van der Waals surface area (Å²) >= 11 is 0. The smallest absolute Gasteiger partial charge is 0.420 e. The minimum Gasteiger partial charge on any atom is -0.508 e. The van der Waals surface area contributed by atoms with Crippen LogP contribution >= 0.6 is 0 Å². The predicted molar refractivity (Wildman–Crippen MR) is 81.3 cm³/mol. The average molecular weight is 339 g/mol. The Kier molecular flexibility index (Phi) is 4.04. The fourth-order valence-electron chi connectivity index (χ4n) is 3.18. The molecule has 0 saturated heterocycles. The first kappa shape index (κ1) is 16.4. The number of hydrogen-bond donors (Lipinski definition) is 4. The van der Waals surface area contributed by atoms with Crippen molar-refractivity contribution in [1.82, 2.24) is 5.32 Å². The molecule has 0 amide bonds. The Balaban J connectivity index is 2.22. The maximum absolute atomic E-state index is 13.4. The van der Waals surface area contributed by atoms with E-state index in [2.05, 4.69) is 5.32 Å². The van der Waals surface area contributed by atoms with Crippen molar-refractivity contribution in [2.24, 2.45) is 0 Å². The fraction of sp³-hybridized carbons (Fsp3) is 0.294. The van der Waals surface area contributed by atoms with Crippen molar-refractivity contribution in [2.45, 2.75) is 18.5 Å². The molecule has 0 fully saturated rings. The zero-order chi connectivity index (χ0) is 17.5. The summed E-state index contributed by atoms with van der Waals surface area (Å²) in [4.78, 5) is 0. The Labute approximate surface area is 136 Å². The number of benzene rings is 2. The van der Waals surface area contributed by atoms with Crippen LogP contribution < -0.4 is 5.32 Å². The van der Waals surface area contributed by atoms with Gasteiger partial charge in [-0.25, -0.2) is 0 Å². The van der Waals surface area contributed by atoms with Crippen molar-refractivity contribution in [1.29, 1.82) is 0 Å². The second-order valence-corrected chi connectivity index (χ2v) is 5.78. The molecule has 0 aromatic heterocycles. The van der Waals surface area contributed by atoms with Crippen molar-refractivity contribution < 1.29 is 28.5 Å². The lowest BCUT2D eigenvalue weighted by Crippen LogP contribution is -2.20. The first-order valence-corrected chi connectivity index (χ1v) is 7.43. The van der Waals surface area contributed by atoms with Crippen molar-refractivity contribution >= 4 is 0 Å². The minimum absolute atomic E-state index is 0.0131. The number of phenolic OH excluding ortho intramolecular Hbond substituents is 3. The minimum atomic E-state index is -4.77. The highest BCUT2D eigenvalue weighted by Gasteiger charge is 2.40. The van der Waals surface area contributed by atoms with Gasteiger partial charge < -0.3 is 20.6 Å². The van der Waals surface area contributed by atoms with Gasteiger partial charge in [0.1, 0.15) is 11.3 Å². The SMILES string of the molecule is Oc1ccc(C2CNCCc3c2cc(O)c(O)c3C(F)(F)F)cc1. The number of halogens is 3. The third-order valence-corrected chi connectivity index (χ3v) is 4.28. The molecule has 1 unspecified atom stereocenters. The zero-order valence-electron chi connectivity index (χ0n) is 12.6. The molecule has 4 N–H and O–H groups in total. The molecule has 0 aliphatic carbocycles. The van der Waals surface area contributed by atoms with Gasteiger partial charge in [0, 0.05) is 12.5 Å². The van der Waals surface area contributed by atoms with Gasteiger partial charge in [-0.2, -0.15) is 13.2 Å². The van der Waals surface area contributed by atoms with E-state index in [9.17, 15) is 28.5 Å². The topological polar surface area (TPSA) is 72.7 Å². The van der Waals surface area contributed by atoms with Gasteiger partial charge in [0.25, 0.3) is 0 Å². The molecule has 4 nitrogen and oxygen atoms in total. The summed E-state index contributed by atoms with van der Waals surface area (Å²) in [6, 6.07) is 7.39. The van der Waals surface area contributed by atoms with Gasteiger partial charge in [-0.3, -0.25) is 0 Å². The van der Waals surface area contributed by atoms with E-state index in [4.69, 9.17) is 0 Å². The average Bonchev–Trinajstić information content (AvgIpc) is 2.70. The van der Waals surface area contributed by atoms with E-state index in [1.807, 2.05) is 0 Å². The normalized spacial score (nSPS) is 18.0. The van der Waals surface area contributed by atoms with Gasteiger partial charge in [0.05, 0.1) is 0 Å². The molecule has 1 atom stereocenters. The summed E-state index contributed by atoms with van der Waals surface area (Å²) in [7, 11) is 0. The second-order valence-electron chi connectivity index (χ2n) is 5.78. The van der Waals surface area contributed by atoms with E-state index < -0.39 is 29.2 Å². The van der Waals surface area contributed by atoms with Crippen LogP contribution in [-0.2, 0) is 12.6 Å². The summed E-state index contributed by atoms with van der Waals surface area (Å²) in [5.74, 6) is -2.29. The van der Waals surface area contributed by atoms with Crippen LogP contribution in [0.5, 0.6) is 17.2 Å². The molecule has 1 aliphatic heterocycles. The lowest BCUT2D eigenvalue weighted by atomic mass is 9.85. The molecule has 2 aromatic rings. The molecular weight excluding hydrogens is 323 g/mol. The second kappa shape index (κ2) is 5.90. The van der Waals surface area contributed by atoms with Crippen LogP contribution in [0.1, 0.15) is 28.2 Å². The van der Waals surface area contributed by atoms with Gasteiger partial charge in [-0.05, 0) is 47.9 Å². The van der Waals surface area contributed by atoms with Crippen LogP contribution in [0, 0.1) is 0 Å². The van der Waals surface area contributed by atoms with E-state index in [1.54, 1.807) is 12.1 Å². The third-order valence-electron chi connectivity index (χ3n) is 4.28. The van der Waals surface area contributed by atoms with Crippen LogP contribution in [0.3, 0.4) is 0 Å². The Morgan fingerprint density at radius 2 is 1.71 bits per heavy atom. The summed E-state index contributed by atoms with van der Waals surface area (Å²) < 4.78 is 40.2. The highest BCUT2D eigenvalue weighted by molar-refractivity contribution is 5.57. The Morgan fingerprint density at radius 3 is 2.33 bits per heavy atom. The van der Waals surface area contributed by atoms with Crippen LogP contribution in [0.4, 0.5) is 13.2 Å². The monoisotopic (exact) mass is 339 g/mol. The highest BCUT2D eigenvalue weighted by atomic mass is 19.4. The molecule has 0 spiro atoms. The number of phenols is 3. The highest BCUT2D eigenvalue weighted by Crippen LogP contribution is 2.47. The van der Waals surface area contributed by atoms with Crippen molar-refractivity contribution in [3.63, 3.8) is 0 Å². The zero-order valence-corrected chi connectivity index (χ0v) is 12.6. The molecule has 7 heteroatoms. The molecule has 0 saturated carbocycles. The third kappa shape index (κ3) is 2.87. The summed E-state index contributed by atoms with van der Waals surface area (Å²) in [5.41, 5.74) is -0.152. The molecule has 0 bridgehead atoms. The first-order valence-electron chi connectivity index (χ1n) is 7.43. The molecule has 2 aromatic carbocycles. The molecule has 3 rings (SSSR count). The van der Waals surface area contributed by atoms with Gasteiger partial charge in [0.15, 0.2) is 11.5 Å². The number of fused-ring (bicyclic) bond motifs is 1. The molecule has 1 heterocycles. The van der Waals surface area contributed by atoms with Gasteiger partial charge >= 0.3 is 6.18 Å². The molecule has 1 aliphatic rings. The molecule has 128 valence electrons. The number of aromatic hydroxyl groups is 3. The first-order chi connectivity index (χ1) is 11.3. The van der Waals surface area contributed by atoms with Gasteiger partial charge in [0.2, 0.25) is 0 Å². The van der Waals surface area contributed by atoms with Crippen molar-refractivity contribution in [3.8, 4) is 17.2 Å².